The Hall–Kier alpha value is -0.930. The van der Waals surface area contributed by atoms with Crippen molar-refractivity contribution in [1.82, 2.24) is 15.6 Å². The Morgan fingerprint density at radius 2 is 2.07 bits per heavy atom. The number of aliphatic imine (C=N–C) groups is 1. The van der Waals surface area contributed by atoms with Crippen LogP contribution in [0.25, 0.3) is 10.9 Å². The summed E-state index contributed by atoms with van der Waals surface area (Å²) in [5.74, 6) is 0.876. The molecule has 0 atom stereocenters. The van der Waals surface area contributed by atoms with Crippen LogP contribution in [-0.4, -0.2) is 55.3 Å². The Balaban J connectivity index is 0.00000261. The Morgan fingerprint density at radius 3 is 2.78 bits per heavy atom. The number of aromatic nitrogens is 1. The molecule has 0 unspecified atom stereocenters. The van der Waals surface area contributed by atoms with Gasteiger partial charge in [0.2, 0.25) is 0 Å². The Kier molecular flexibility index (Phi) is 8.75. The molecular formula is C20H31IN4OS. The molecule has 5 nitrogen and oxygen atoms in total. The van der Waals surface area contributed by atoms with E-state index in [-0.39, 0.29) is 28.7 Å². The molecule has 1 aromatic heterocycles. The number of hydrogen-bond acceptors (Lipinski definition) is 3. The predicted molar refractivity (Wildman–Crippen MR) is 128 cm³/mol. The van der Waals surface area contributed by atoms with E-state index in [2.05, 4.69) is 58.2 Å². The van der Waals surface area contributed by atoms with Crippen LogP contribution in [0, 0.1) is 6.92 Å². The van der Waals surface area contributed by atoms with Crippen LogP contribution >= 0.6 is 35.7 Å². The lowest BCUT2D eigenvalue weighted by atomic mass is 9.99. The van der Waals surface area contributed by atoms with Gasteiger partial charge in [-0.3, -0.25) is 4.99 Å². The molecule has 3 rings (SSSR count). The number of aryl methyl sites for hydroxylation is 1. The highest BCUT2D eigenvalue weighted by atomic mass is 127. The number of fused-ring (bicyclic) bond motifs is 1. The normalized spacial score (nSPS) is 16.8. The fourth-order valence-corrected chi connectivity index (χ4v) is 4.28. The molecule has 1 saturated heterocycles. The molecule has 2 aromatic rings. The van der Waals surface area contributed by atoms with E-state index in [0.29, 0.717) is 0 Å². The first-order valence-electron chi connectivity index (χ1n) is 9.30. The summed E-state index contributed by atoms with van der Waals surface area (Å²) < 4.78 is 5.77. The van der Waals surface area contributed by atoms with Crippen molar-refractivity contribution < 1.29 is 4.74 Å². The number of thioether (sulfide) groups is 1. The second-order valence-corrected chi connectivity index (χ2v) is 8.24. The molecule has 1 fully saturated rings. The molecule has 27 heavy (non-hydrogen) atoms. The molecule has 0 amide bonds. The standard InChI is InChI=1S/C20H30N4OS.HI/c1-15-4-5-17-16(13-23-18(17)12-15)6-9-22-19(21-2)24-14-20(26-3)7-10-25-11-8-20;/h4-5,12-13,23H,6-11,14H2,1-3H3,(H2,21,22,24);1H. The topological polar surface area (TPSA) is 61.4 Å². The lowest BCUT2D eigenvalue weighted by Gasteiger charge is -2.36. The molecule has 2 heterocycles. The predicted octanol–water partition coefficient (Wildman–Crippen LogP) is 3.71. The molecule has 0 aliphatic carbocycles. The van der Waals surface area contributed by atoms with Crippen molar-refractivity contribution in [3.05, 3.63) is 35.5 Å². The molecule has 1 aromatic carbocycles. The SMILES string of the molecule is CN=C(NCCc1c[nH]c2cc(C)ccc12)NCC1(SC)CCOCC1.I. The number of halogens is 1. The highest BCUT2D eigenvalue weighted by Crippen LogP contribution is 2.32. The van der Waals surface area contributed by atoms with Gasteiger partial charge in [0.05, 0.1) is 0 Å². The first-order valence-corrected chi connectivity index (χ1v) is 10.5. The van der Waals surface area contributed by atoms with E-state index in [1.54, 1.807) is 0 Å². The number of benzene rings is 1. The lowest BCUT2D eigenvalue weighted by molar-refractivity contribution is 0.0783. The number of aromatic amines is 1. The summed E-state index contributed by atoms with van der Waals surface area (Å²) in [5, 5.41) is 8.27. The number of rotatable bonds is 6. The van der Waals surface area contributed by atoms with E-state index in [0.717, 1.165) is 51.5 Å². The van der Waals surface area contributed by atoms with Gasteiger partial charge < -0.3 is 20.4 Å². The van der Waals surface area contributed by atoms with Gasteiger partial charge in [0, 0.05) is 55.2 Å². The van der Waals surface area contributed by atoms with E-state index in [1.165, 1.54) is 22.0 Å². The summed E-state index contributed by atoms with van der Waals surface area (Å²) >= 11 is 1.94. The second-order valence-electron chi connectivity index (χ2n) is 6.97. The molecule has 0 saturated carbocycles. The molecule has 1 aliphatic heterocycles. The van der Waals surface area contributed by atoms with E-state index >= 15 is 0 Å². The van der Waals surface area contributed by atoms with Crippen molar-refractivity contribution in [3.8, 4) is 0 Å². The summed E-state index contributed by atoms with van der Waals surface area (Å²) in [4.78, 5) is 7.75. The van der Waals surface area contributed by atoms with Crippen molar-refractivity contribution in [3.63, 3.8) is 0 Å². The van der Waals surface area contributed by atoms with Gasteiger partial charge in [-0.25, -0.2) is 0 Å². The number of nitrogens with one attached hydrogen (secondary N) is 3. The van der Waals surface area contributed by atoms with Crippen LogP contribution in [-0.2, 0) is 11.2 Å². The van der Waals surface area contributed by atoms with Crippen LogP contribution in [0.3, 0.4) is 0 Å². The summed E-state index contributed by atoms with van der Waals surface area (Å²) in [6, 6.07) is 6.57. The first kappa shape index (κ1) is 22.4. The number of H-pyrrole nitrogens is 1. The van der Waals surface area contributed by atoms with Crippen molar-refractivity contribution >= 4 is 52.6 Å². The maximum absolute atomic E-state index is 5.52. The van der Waals surface area contributed by atoms with Gasteiger partial charge in [0.15, 0.2) is 5.96 Å². The van der Waals surface area contributed by atoms with Crippen LogP contribution in [0.2, 0.25) is 0 Å². The molecule has 7 heteroatoms. The lowest BCUT2D eigenvalue weighted by Crippen LogP contribution is -2.48. The maximum atomic E-state index is 5.52. The highest BCUT2D eigenvalue weighted by Gasteiger charge is 2.31. The van der Waals surface area contributed by atoms with Crippen molar-refractivity contribution in [2.45, 2.75) is 30.9 Å². The molecule has 150 valence electrons. The summed E-state index contributed by atoms with van der Waals surface area (Å²) in [6.45, 7) is 5.61. The van der Waals surface area contributed by atoms with Gasteiger partial charge >= 0.3 is 0 Å². The van der Waals surface area contributed by atoms with Gasteiger partial charge in [-0.05, 0) is 49.6 Å². The third-order valence-electron chi connectivity index (χ3n) is 5.25. The minimum absolute atomic E-state index is 0. The molecule has 3 N–H and O–H groups in total. The third-order valence-corrected chi connectivity index (χ3v) is 6.67. The molecular weight excluding hydrogens is 471 g/mol. The van der Waals surface area contributed by atoms with Crippen molar-refractivity contribution in [1.29, 1.82) is 0 Å². The summed E-state index contributed by atoms with van der Waals surface area (Å²) in [6.07, 6.45) is 7.46. The van der Waals surface area contributed by atoms with Crippen molar-refractivity contribution in [2.75, 3.05) is 39.6 Å². The van der Waals surface area contributed by atoms with Gasteiger partial charge in [-0.1, -0.05) is 12.1 Å². The maximum Gasteiger partial charge on any atom is 0.191 e. The Bertz CT molecular complexity index is 756. The minimum atomic E-state index is 0. The van der Waals surface area contributed by atoms with Gasteiger partial charge in [-0.15, -0.1) is 24.0 Å². The number of hydrogen-bond donors (Lipinski definition) is 3. The highest BCUT2D eigenvalue weighted by molar-refractivity contribution is 14.0. The van der Waals surface area contributed by atoms with Gasteiger partial charge in [-0.2, -0.15) is 11.8 Å². The number of nitrogens with zero attached hydrogens (tertiary/aromatic N) is 1. The summed E-state index contributed by atoms with van der Waals surface area (Å²) in [5.41, 5.74) is 3.83. The first-order chi connectivity index (χ1) is 12.7. The van der Waals surface area contributed by atoms with E-state index < -0.39 is 0 Å². The van der Waals surface area contributed by atoms with Gasteiger partial charge in [0.1, 0.15) is 0 Å². The monoisotopic (exact) mass is 502 g/mol. The Labute approximate surface area is 183 Å². The fraction of sp³-hybridized carbons (Fsp3) is 0.550. The molecule has 0 spiro atoms. The largest absolute Gasteiger partial charge is 0.381 e. The van der Waals surface area contributed by atoms with Crippen LogP contribution in [0.5, 0.6) is 0 Å². The smallest absolute Gasteiger partial charge is 0.191 e. The fourth-order valence-electron chi connectivity index (χ4n) is 3.48. The zero-order valence-electron chi connectivity index (χ0n) is 16.4. The average molecular weight is 502 g/mol. The third kappa shape index (κ3) is 5.77. The zero-order valence-corrected chi connectivity index (χ0v) is 19.6. The molecule has 0 radical (unpaired) electrons. The van der Waals surface area contributed by atoms with Gasteiger partial charge in [0.25, 0.3) is 0 Å². The van der Waals surface area contributed by atoms with Crippen LogP contribution in [0.1, 0.15) is 24.0 Å². The van der Waals surface area contributed by atoms with Crippen LogP contribution < -0.4 is 10.6 Å². The zero-order chi connectivity index (χ0) is 18.4. The second kappa shape index (κ2) is 10.6. The minimum Gasteiger partial charge on any atom is -0.381 e. The van der Waals surface area contributed by atoms with E-state index in [4.69, 9.17) is 4.74 Å². The molecule has 1 aliphatic rings. The van der Waals surface area contributed by atoms with Crippen LogP contribution in [0.4, 0.5) is 0 Å². The van der Waals surface area contributed by atoms with E-state index in [9.17, 15) is 0 Å². The average Bonchev–Trinajstić information content (AvgIpc) is 3.07. The van der Waals surface area contributed by atoms with E-state index in [1.807, 2.05) is 18.8 Å². The Morgan fingerprint density at radius 1 is 1.30 bits per heavy atom. The number of guanidine groups is 1. The molecule has 0 bridgehead atoms. The van der Waals surface area contributed by atoms with Crippen LogP contribution in [0.15, 0.2) is 29.4 Å². The summed E-state index contributed by atoms with van der Waals surface area (Å²) in [7, 11) is 1.83. The quantitative estimate of drug-likeness (QED) is 0.320. The van der Waals surface area contributed by atoms with Crippen molar-refractivity contribution in [2.24, 2.45) is 4.99 Å². The number of ether oxygens (including phenoxy) is 1.